The van der Waals surface area contributed by atoms with E-state index in [9.17, 15) is 0 Å². The number of nitrogens with one attached hydrogen (secondary N) is 1. The maximum atomic E-state index is 5.51. The predicted octanol–water partition coefficient (Wildman–Crippen LogP) is 3.47. The molecule has 25 heavy (non-hydrogen) atoms. The Hall–Kier alpha value is -0.830. The molecule has 0 saturated carbocycles. The highest BCUT2D eigenvalue weighted by molar-refractivity contribution is 14.0. The fourth-order valence-corrected chi connectivity index (χ4v) is 4.17. The molecule has 1 atom stereocenters. The quantitative estimate of drug-likeness (QED) is 0.398. The van der Waals surface area contributed by atoms with Crippen LogP contribution in [0.5, 0.6) is 11.5 Å². The van der Waals surface area contributed by atoms with Gasteiger partial charge in [-0.3, -0.25) is 4.99 Å². The molecule has 1 aromatic rings. The summed E-state index contributed by atoms with van der Waals surface area (Å²) in [5.74, 6) is 4.30. The van der Waals surface area contributed by atoms with Crippen molar-refractivity contribution in [2.75, 3.05) is 40.1 Å². The molecule has 1 aliphatic heterocycles. The molecule has 0 radical (unpaired) electrons. The molecule has 5 nitrogen and oxygen atoms in total. The van der Waals surface area contributed by atoms with Gasteiger partial charge in [-0.15, -0.1) is 24.0 Å². The summed E-state index contributed by atoms with van der Waals surface area (Å²) in [5, 5.41) is 4.13. The van der Waals surface area contributed by atoms with Gasteiger partial charge in [0.05, 0.1) is 14.2 Å². The number of benzene rings is 1. The SMILES string of the molecule is CN=C(NCc1cccc(OC)c1OC)N1CCSC(C(C)C)C1.I. The Bertz CT molecular complexity index is 569. The second-order valence-electron chi connectivity index (χ2n) is 6.15. The van der Waals surface area contributed by atoms with Crippen LogP contribution in [0.1, 0.15) is 19.4 Å². The van der Waals surface area contributed by atoms with Crippen molar-refractivity contribution in [1.29, 1.82) is 0 Å². The summed E-state index contributed by atoms with van der Waals surface area (Å²) in [6, 6.07) is 5.93. The molecule has 142 valence electrons. The highest BCUT2D eigenvalue weighted by Crippen LogP contribution is 2.30. The molecular weight excluding hydrogens is 449 g/mol. The molecule has 0 aromatic heterocycles. The van der Waals surface area contributed by atoms with Gasteiger partial charge in [0, 0.05) is 43.2 Å². The molecule has 1 N–H and O–H groups in total. The van der Waals surface area contributed by atoms with Gasteiger partial charge in [0.1, 0.15) is 0 Å². The van der Waals surface area contributed by atoms with E-state index >= 15 is 0 Å². The Kier molecular flexibility index (Phi) is 9.78. The summed E-state index contributed by atoms with van der Waals surface area (Å²) in [7, 11) is 5.17. The Balaban J connectivity index is 0.00000312. The minimum atomic E-state index is 0. The van der Waals surface area contributed by atoms with E-state index in [1.807, 2.05) is 25.2 Å². The van der Waals surface area contributed by atoms with Gasteiger partial charge in [-0.25, -0.2) is 0 Å². The third kappa shape index (κ3) is 5.84. The van der Waals surface area contributed by atoms with Crippen LogP contribution in [-0.2, 0) is 6.54 Å². The predicted molar refractivity (Wildman–Crippen MR) is 118 cm³/mol. The van der Waals surface area contributed by atoms with Gasteiger partial charge in [-0.05, 0) is 12.0 Å². The number of methoxy groups -OCH3 is 2. The smallest absolute Gasteiger partial charge is 0.193 e. The molecule has 1 heterocycles. The maximum Gasteiger partial charge on any atom is 0.193 e. The highest BCUT2D eigenvalue weighted by Gasteiger charge is 2.25. The highest BCUT2D eigenvalue weighted by atomic mass is 127. The largest absolute Gasteiger partial charge is 0.493 e. The summed E-state index contributed by atoms with van der Waals surface area (Å²) < 4.78 is 10.9. The van der Waals surface area contributed by atoms with Crippen molar-refractivity contribution in [3.8, 4) is 11.5 Å². The molecule has 1 unspecified atom stereocenters. The number of aliphatic imine (C=N–C) groups is 1. The number of para-hydroxylation sites is 1. The number of thioether (sulfide) groups is 1. The molecule has 1 aromatic carbocycles. The molecule has 1 saturated heterocycles. The lowest BCUT2D eigenvalue weighted by Crippen LogP contribution is -2.48. The van der Waals surface area contributed by atoms with Crippen molar-refractivity contribution in [3.05, 3.63) is 23.8 Å². The second kappa shape index (κ2) is 11.0. The fraction of sp³-hybridized carbons (Fsp3) is 0.611. The zero-order chi connectivity index (χ0) is 17.5. The first-order chi connectivity index (χ1) is 11.6. The molecule has 0 amide bonds. The van der Waals surface area contributed by atoms with Gasteiger partial charge >= 0.3 is 0 Å². The van der Waals surface area contributed by atoms with Gasteiger partial charge in [0.2, 0.25) is 0 Å². The fourth-order valence-electron chi connectivity index (χ4n) is 2.87. The average Bonchev–Trinajstić information content (AvgIpc) is 2.62. The van der Waals surface area contributed by atoms with E-state index in [0.29, 0.717) is 17.7 Å². The van der Waals surface area contributed by atoms with Crippen LogP contribution >= 0.6 is 35.7 Å². The summed E-state index contributed by atoms with van der Waals surface area (Å²) in [6.45, 7) is 7.31. The zero-order valence-corrected chi connectivity index (χ0v) is 18.9. The second-order valence-corrected chi connectivity index (χ2v) is 7.50. The lowest BCUT2D eigenvalue weighted by molar-refractivity contribution is 0.350. The molecule has 7 heteroatoms. The molecular formula is C18H30IN3O2S. The lowest BCUT2D eigenvalue weighted by Gasteiger charge is -2.36. The van der Waals surface area contributed by atoms with Crippen molar-refractivity contribution >= 4 is 41.7 Å². The van der Waals surface area contributed by atoms with Crippen LogP contribution in [-0.4, -0.2) is 56.2 Å². The van der Waals surface area contributed by atoms with Crippen LogP contribution in [0.2, 0.25) is 0 Å². The van der Waals surface area contributed by atoms with Crippen LogP contribution in [0.4, 0.5) is 0 Å². The molecule has 0 spiro atoms. The first kappa shape index (κ1) is 22.2. The summed E-state index contributed by atoms with van der Waals surface area (Å²) in [6.07, 6.45) is 0. The van der Waals surface area contributed by atoms with E-state index in [1.165, 1.54) is 0 Å². The molecule has 0 aliphatic carbocycles. The number of rotatable bonds is 5. The van der Waals surface area contributed by atoms with E-state index < -0.39 is 0 Å². The van der Waals surface area contributed by atoms with Crippen molar-refractivity contribution in [2.45, 2.75) is 25.6 Å². The Morgan fingerprint density at radius 2 is 2.12 bits per heavy atom. The number of nitrogens with zero attached hydrogens (tertiary/aromatic N) is 2. The van der Waals surface area contributed by atoms with Crippen molar-refractivity contribution < 1.29 is 9.47 Å². The lowest BCUT2D eigenvalue weighted by atomic mass is 10.1. The number of ether oxygens (including phenoxy) is 2. The third-order valence-corrected chi connectivity index (χ3v) is 5.81. The van der Waals surface area contributed by atoms with Gasteiger partial charge in [-0.2, -0.15) is 11.8 Å². The average molecular weight is 479 g/mol. The molecule has 1 aliphatic rings. The van der Waals surface area contributed by atoms with Gasteiger partial charge in [0.15, 0.2) is 17.5 Å². The number of halogens is 1. The van der Waals surface area contributed by atoms with Crippen molar-refractivity contribution in [1.82, 2.24) is 10.2 Å². The van der Waals surface area contributed by atoms with Crippen LogP contribution < -0.4 is 14.8 Å². The molecule has 0 bridgehead atoms. The Morgan fingerprint density at radius 1 is 1.36 bits per heavy atom. The van der Waals surface area contributed by atoms with E-state index in [2.05, 4.69) is 40.8 Å². The number of hydrogen-bond acceptors (Lipinski definition) is 4. The normalized spacial score (nSPS) is 17.9. The van der Waals surface area contributed by atoms with Gasteiger partial charge in [-0.1, -0.05) is 26.0 Å². The summed E-state index contributed by atoms with van der Waals surface area (Å²) in [5.41, 5.74) is 1.06. The van der Waals surface area contributed by atoms with E-state index in [4.69, 9.17) is 9.47 Å². The minimum Gasteiger partial charge on any atom is -0.493 e. The Morgan fingerprint density at radius 3 is 2.72 bits per heavy atom. The van der Waals surface area contributed by atoms with Crippen LogP contribution in [0, 0.1) is 5.92 Å². The van der Waals surface area contributed by atoms with E-state index in [-0.39, 0.29) is 24.0 Å². The zero-order valence-electron chi connectivity index (χ0n) is 15.7. The topological polar surface area (TPSA) is 46.1 Å². The van der Waals surface area contributed by atoms with Crippen molar-refractivity contribution in [2.24, 2.45) is 10.9 Å². The van der Waals surface area contributed by atoms with E-state index in [1.54, 1.807) is 14.2 Å². The third-order valence-electron chi connectivity index (χ3n) is 4.27. The molecule has 1 fully saturated rings. The maximum absolute atomic E-state index is 5.51. The van der Waals surface area contributed by atoms with Gasteiger partial charge in [0.25, 0.3) is 0 Å². The summed E-state index contributed by atoms with van der Waals surface area (Å²) in [4.78, 5) is 6.82. The van der Waals surface area contributed by atoms with Crippen LogP contribution in [0.25, 0.3) is 0 Å². The standard InChI is InChI=1S/C18H29N3O2S.HI/c1-13(2)16-12-21(9-10-24-16)18(19-3)20-11-14-7-6-8-15(22-4)17(14)23-5;/h6-8,13,16H,9-12H2,1-5H3,(H,19,20);1H. The van der Waals surface area contributed by atoms with Crippen molar-refractivity contribution in [3.63, 3.8) is 0 Å². The first-order valence-corrected chi connectivity index (χ1v) is 9.42. The minimum absolute atomic E-state index is 0. The molecule has 2 rings (SSSR count). The van der Waals surface area contributed by atoms with E-state index in [0.717, 1.165) is 41.9 Å². The monoisotopic (exact) mass is 479 g/mol. The summed E-state index contributed by atoms with van der Waals surface area (Å²) >= 11 is 2.07. The van der Waals surface area contributed by atoms with Gasteiger partial charge < -0.3 is 19.7 Å². The number of hydrogen-bond donors (Lipinski definition) is 1. The van der Waals surface area contributed by atoms with Crippen LogP contribution in [0.3, 0.4) is 0 Å². The first-order valence-electron chi connectivity index (χ1n) is 8.37. The Labute approximate surface area is 173 Å². The van der Waals surface area contributed by atoms with Crippen LogP contribution in [0.15, 0.2) is 23.2 Å². The number of guanidine groups is 1.